The van der Waals surface area contributed by atoms with E-state index in [0.717, 1.165) is 31.4 Å². The molecule has 0 bridgehead atoms. The largest absolute Gasteiger partial charge is 0.497 e. The molecule has 0 aromatic heterocycles. The average Bonchev–Trinajstić information content (AvgIpc) is 2.93. The maximum atomic E-state index is 10.7. The molecule has 4 rings (SSSR count). The van der Waals surface area contributed by atoms with Crippen molar-refractivity contribution in [3.63, 3.8) is 0 Å². The third kappa shape index (κ3) is 3.26. The fourth-order valence-electron chi connectivity index (χ4n) is 6.17. The van der Waals surface area contributed by atoms with Gasteiger partial charge in [-0.25, -0.2) is 0 Å². The molecule has 0 radical (unpaired) electrons. The van der Waals surface area contributed by atoms with E-state index in [4.69, 9.17) is 4.74 Å². The molecule has 0 spiro atoms. The molecule has 0 aliphatic heterocycles. The molecule has 2 saturated carbocycles. The summed E-state index contributed by atoms with van der Waals surface area (Å²) >= 11 is 0. The minimum absolute atomic E-state index is 0.0875. The van der Waals surface area contributed by atoms with Crippen molar-refractivity contribution in [2.24, 2.45) is 23.2 Å². The summed E-state index contributed by atoms with van der Waals surface area (Å²) in [6, 6.07) is 6.68. The van der Waals surface area contributed by atoms with Crippen molar-refractivity contribution in [3.05, 3.63) is 29.3 Å². The first kappa shape index (κ1) is 19.1. The van der Waals surface area contributed by atoms with E-state index in [9.17, 15) is 5.11 Å². The topological polar surface area (TPSA) is 29.5 Å². The molecule has 0 heterocycles. The average molecular weight is 383 g/mol. The molecule has 2 fully saturated rings. The molecule has 6 atom stereocenters. The summed E-state index contributed by atoms with van der Waals surface area (Å²) in [7, 11) is 0.344. The third-order valence-electron chi connectivity index (χ3n) is 7.57. The minimum Gasteiger partial charge on any atom is -0.497 e. The van der Waals surface area contributed by atoms with Gasteiger partial charge < -0.3 is 9.84 Å². The van der Waals surface area contributed by atoms with E-state index >= 15 is 0 Å². The number of ether oxygens (including phenoxy) is 1. The Morgan fingerprint density at radius 1 is 1.19 bits per heavy atom. The second kappa shape index (κ2) is 6.67. The first-order valence-corrected chi connectivity index (χ1v) is 14.1. The number of benzene rings is 1. The van der Waals surface area contributed by atoms with Crippen molar-refractivity contribution in [3.8, 4) is 17.2 Å². The molecule has 0 unspecified atom stereocenters. The summed E-state index contributed by atoms with van der Waals surface area (Å²) in [6.07, 6.45) is 5.35. The van der Waals surface area contributed by atoms with Crippen LogP contribution in [-0.2, 0) is 6.42 Å². The van der Waals surface area contributed by atoms with Gasteiger partial charge >= 0.3 is 0 Å². The maximum Gasteiger partial charge on any atom is 0.129 e. The van der Waals surface area contributed by atoms with Gasteiger partial charge in [-0.1, -0.05) is 32.6 Å². The van der Waals surface area contributed by atoms with Crippen LogP contribution in [0.15, 0.2) is 18.2 Å². The quantitative estimate of drug-likeness (QED) is 0.546. The predicted molar refractivity (Wildman–Crippen MR) is 114 cm³/mol. The highest BCUT2D eigenvalue weighted by Gasteiger charge is 2.56. The highest BCUT2D eigenvalue weighted by atomic mass is 28.3. The number of aliphatic hydroxyl groups is 1. The number of fused-ring (bicyclic) bond motifs is 5. The Bertz CT molecular complexity index is 784. The summed E-state index contributed by atoms with van der Waals surface area (Å²) in [5, 5.41) is 10.7. The molecule has 3 aliphatic carbocycles. The lowest BCUT2D eigenvalue weighted by Gasteiger charge is -2.52. The van der Waals surface area contributed by atoms with Crippen LogP contribution in [0.4, 0.5) is 0 Å². The van der Waals surface area contributed by atoms with Gasteiger partial charge in [-0.2, -0.15) is 0 Å². The molecule has 1 aromatic rings. The molecule has 3 heteroatoms. The fraction of sp³-hybridized carbons (Fsp3) is 0.667. The van der Waals surface area contributed by atoms with Gasteiger partial charge in [0.25, 0.3) is 0 Å². The van der Waals surface area contributed by atoms with Crippen LogP contribution >= 0.6 is 0 Å². The molecular weight excluding hydrogens is 348 g/mol. The summed E-state index contributed by atoms with van der Waals surface area (Å²) in [5.74, 6) is 6.92. The minimum atomic E-state index is -1.41. The van der Waals surface area contributed by atoms with Gasteiger partial charge in [0.15, 0.2) is 0 Å². The van der Waals surface area contributed by atoms with E-state index in [-0.39, 0.29) is 11.5 Å². The zero-order valence-corrected chi connectivity index (χ0v) is 18.5. The Morgan fingerprint density at radius 2 is 1.96 bits per heavy atom. The second-order valence-electron chi connectivity index (χ2n) is 10.3. The summed E-state index contributed by atoms with van der Waals surface area (Å²) < 4.78 is 5.50. The van der Waals surface area contributed by atoms with Gasteiger partial charge in [0, 0.05) is 5.92 Å². The number of hydrogen-bond donors (Lipinski definition) is 1. The second-order valence-corrected chi connectivity index (χ2v) is 15.1. The maximum absolute atomic E-state index is 10.7. The van der Waals surface area contributed by atoms with Crippen molar-refractivity contribution in [2.45, 2.75) is 70.7 Å². The first-order chi connectivity index (χ1) is 12.7. The molecule has 0 saturated heterocycles. The number of methoxy groups -OCH3 is 1. The normalized spacial score (nSPS) is 37.5. The Morgan fingerprint density at radius 3 is 2.67 bits per heavy atom. The SMILES string of the molecule is COc1ccc2c(c1)C[C@@H](C#C[Si](C)(C)C)[C@@H]1[C@@H]2CC[C@]2(C)[C@@H](O)CC[C@@H]12. The van der Waals surface area contributed by atoms with Crippen LogP contribution < -0.4 is 4.74 Å². The monoisotopic (exact) mass is 382 g/mol. The Balaban J connectivity index is 1.78. The summed E-state index contributed by atoms with van der Waals surface area (Å²) in [6.45, 7) is 9.35. The van der Waals surface area contributed by atoms with Gasteiger partial charge in [-0.05, 0) is 78.5 Å². The van der Waals surface area contributed by atoms with Gasteiger partial charge in [0.2, 0.25) is 0 Å². The van der Waals surface area contributed by atoms with Gasteiger partial charge in [-0.3, -0.25) is 0 Å². The zero-order chi connectivity index (χ0) is 19.4. The van der Waals surface area contributed by atoms with E-state index in [1.54, 1.807) is 7.11 Å². The molecule has 0 amide bonds. The van der Waals surface area contributed by atoms with Gasteiger partial charge in [0.1, 0.15) is 13.8 Å². The molecule has 1 N–H and O–H groups in total. The van der Waals surface area contributed by atoms with Crippen molar-refractivity contribution < 1.29 is 9.84 Å². The lowest BCUT2D eigenvalue weighted by atomic mass is 9.52. The molecule has 1 aromatic carbocycles. The highest BCUT2D eigenvalue weighted by molar-refractivity contribution is 6.83. The lowest BCUT2D eigenvalue weighted by molar-refractivity contribution is -0.0309. The van der Waals surface area contributed by atoms with Crippen LogP contribution in [0.2, 0.25) is 19.6 Å². The first-order valence-electron chi connectivity index (χ1n) is 10.6. The Kier molecular flexibility index (Phi) is 4.72. The molecular formula is C24H34O2Si. The van der Waals surface area contributed by atoms with Crippen LogP contribution in [-0.4, -0.2) is 26.4 Å². The van der Waals surface area contributed by atoms with Gasteiger partial charge in [-0.15, -0.1) is 11.5 Å². The van der Waals surface area contributed by atoms with Crippen LogP contribution in [0.3, 0.4) is 0 Å². The number of rotatable bonds is 1. The van der Waals surface area contributed by atoms with E-state index < -0.39 is 8.07 Å². The summed E-state index contributed by atoms with van der Waals surface area (Å²) in [5.41, 5.74) is 6.73. The van der Waals surface area contributed by atoms with Crippen LogP contribution in [0.1, 0.15) is 49.7 Å². The number of hydrogen-bond acceptors (Lipinski definition) is 2. The number of aliphatic hydroxyl groups excluding tert-OH is 1. The van der Waals surface area contributed by atoms with E-state index in [2.05, 4.69) is 56.2 Å². The van der Waals surface area contributed by atoms with Crippen LogP contribution in [0.25, 0.3) is 0 Å². The van der Waals surface area contributed by atoms with Crippen LogP contribution in [0, 0.1) is 34.6 Å². The summed E-state index contributed by atoms with van der Waals surface area (Å²) in [4.78, 5) is 0. The van der Waals surface area contributed by atoms with E-state index in [1.165, 1.54) is 17.5 Å². The van der Waals surface area contributed by atoms with E-state index in [0.29, 0.717) is 23.7 Å². The van der Waals surface area contributed by atoms with Gasteiger partial charge in [0.05, 0.1) is 13.2 Å². The third-order valence-corrected chi connectivity index (χ3v) is 8.46. The lowest BCUT2D eigenvalue weighted by Crippen LogP contribution is -2.47. The smallest absolute Gasteiger partial charge is 0.129 e. The Labute approximate surface area is 165 Å². The predicted octanol–water partition coefficient (Wildman–Crippen LogP) is 5.02. The standard InChI is InChI=1S/C24H34O2Si/c1-24-12-10-20-19-7-6-18(26-2)15-17(19)14-16(11-13-27(3,4)5)23(20)21(24)8-9-22(24)25/h6-7,15-16,20-23,25H,8-10,12,14H2,1-5H3/t16-,20-,21+,22+,23-,24+/m1/s1. The van der Waals surface area contributed by atoms with Crippen molar-refractivity contribution in [1.82, 2.24) is 0 Å². The van der Waals surface area contributed by atoms with Crippen LogP contribution in [0.5, 0.6) is 5.75 Å². The fourth-order valence-corrected chi connectivity index (χ4v) is 6.79. The molecule has 146 valence electrons. The van der Waals surface area contributed by atoms with Crippen molar-refractivity contribution in [1.29, 1.82) is 0 Å². The molecule has 2 nitrogen and oxygen atoms in total. The zero-order valence-electron chi connectivity index (χ0n) is 17.5. The molecule has 27 heavy (non-hydrogen) atoms. The highest BCUT2D eigenvalue weighted by Crippen LogP contribution is 2.62. The van der Waals surface area contributed by atoms with Crippen molar-refractivity contribution in [2.75, 3.05) is 7.11 Å². The Hall–Kier alpha value is -1.24. The van der Waals surface area contributed by atoms with Crippen molar-refractivity contribution >= 4 is 8.07 Å². The molecule has 3 aliphatic rings. The van der Waals surface area contributed by atoms with E-state index in [1.807, 2.05) is 0 Å².